The molecular formula is C17H22ClNO. The fraction of sp³-hybridized carbons (Fsp3) is 0.588. The van der Waals surface area contributed by atoms with Crippen LogP contribution in [0.2, 0.25) is 5.02 Å². The van der Waals surface area contributed by atoms with Crippen LogP contribution in [0.5, 0.6) is 0 Å². The van der Waals surface area contributed by atoms with Crippen molar-refractivity contribution in [3.63, 3.8) is 0 Å². The Balaban J connectivity index is 2.31. The monoisotopic (exact) mass is 291 g/mol. The Labute approximate surface area is 126 Å². The summed E-state index contributed by atoms with van der Waals surface area (Å²) in [7, 11) is 0. The van der Waals surface area contributed by atoms with E-state index in [1.165, 1.54) is 6.42 Å². The Kier molecular flexibility index (Phi) is 5.07. The van der Waals surface area contributed by atoms with Crippen molar-refractivity contribution in [2.75, 3.05) is 0 Å². The second kappa shape index (κ2) is 6.61. The lowest BCUT2D eigenvalue weighted by Crippen LogP contribution is -2.29. The Morgan fingerprint density at radius 2 is 1.80 bits per heavy atom. The lowest BCUT2D eigenvalue weighted by Gasteiger charge is -2.34. The maximum Gasteiger partial charge on any atom is 0.0978 e. The number of hydrogen-bond donors (Lipinski definition) is 1. The summed E-state index contributed by atoms with van der Waals surface area (Å²) in [4.78, 5) is 0. The van der Waals surface area contributed by atoms with Crippen LogP contribution in [0, 0.1) is 23.7 Å². The molecule has 2 rings (SSSR count). The van der Waals surface area contributed by atoms with Gasteiger partial charge in [0.25, 0.3) is 0 Å². The number of aryl methyl sites for hydroxylation is 1. The number of aliphatic hydroxyl groups is 1. The molecule has 3 heteroatoms. The van der Waals surface area contributed by atoms with Crippen molar-refractivity contribution < 1.29 is 5.11 Å². The van der Waals surface area contributed by atoms with Crippen LogP contribution in [-0.2, 0) is 0 Å². The molecule has 0 aliphatic heterocycles. The van der Waals surface area contributed by atoms with Gasteiger partial charge >= 0.3 is 0 Å². The van der Waals surface area contributed by atoms with E-state index in [0.29, 0.717) is 5.02 Å². The molecule has 1 saturated carbocycles. The first kappa shape index (κ1) is 15.4. The molecule has 1 unspecified atom stereocenters. The minimum absolute atomic E-state index is 0.640. The summed E-state index contributed by atoms with van der Waals surface area (Å²) in [5.74, 6) is 0. The van der Waals surface area contributed by atoms with Gasteiger partial charge in [0.1, 0.15) is 0 Å². The Morgan fingerprint density at radius 1 is 1.20 bits per heavy atom. The van der Waals surface area contributed by atoms with Crippen LogP contribution in [0.25, 0.3) is 0 Å². The summed E-state index contributed by atoms with van der Waals surface area (Å²) in [6.07, 6.45) is 6.47. The molecule has 1 aliphatic rings. The summed E-state index contributed by atoms with van der Waals surface area (Å²) in [5.41, 5.74) is 1.16. The lowest BCUT2D eigenvalue weighted by molar-refractivity contribution is 0.0430. The van der Waals surface area contributed by atoms with E-state index < -0.39 is 11.5 Å². The van der Waals surface area contributed by atoms with Crippen LogP contribution in [0.4, 0.5) is 0 Å². The quantitative estimate of drug-likeness (QED) is 0.839. The molecule has 0 bridgehead atoms. The Bertz CT molecular complexity index is 498. The van der Waals surface area contributed by atoms with Gasteiger partial charge in [0.15, 0.2) is 0 Å². The molecule has 1 atom stereocenters. The third-order valence-electron chi connectivity index (χ3n) is 4.52. The number of hydrogen-bond acceptors (Lipinski definition) is 2. The summed E-state index contributed by atoms with van der Waals surface area (Å²) < 4.78 is 0. The molecule has 0 saturated heterocycles. The van der Waals surface area contributed by atoms with Gasteiger partial charge in [-0.3, -0.25) is 0 Å². The van der Waals surface area contributed by atoms with Crippen molar-refractivity contribution in [3.05, 3.63) is 34.3 Å². The van der Waals surface area contributed by atoms with Gasteiger partial charge in [-0.25, -0.2) is 0 Å². The smallest absolute Gasteiger partial charge is 0.0978 e. The van der Waals surface area contributed by atoms with Gasteiger partial charge < -0.3 is 5.11 Å². The summed E-state index contributed by atoms with van der Waals surface area (Å²) in [6.45, 7) is 1.94. The number of aliphatic hydroxyl groups excluding tert-OH is 1. The lowest BCUT2D eigenvalue weighted by atomic mass is 9.71. The van der Waals surface area contributed by atoms with Crippen molar-refractivity contribution in [2.45, 2.75) is 58.0 Å². The highest BCUT2D eigenvalue weighted by molar-refractivity contribution is 6.30. The second-order valence-electron chi connectivity index (χ2n) is 5.94. The van der Waals surface area contributed by atoms with Gasteiger partial charge in [0.2, 0.25) is 0 Å². The van der Waals surface area contributed by atoms with Crippen molar-refractivity contribution in [1.82, 2.24) is 0 Å². The van der Waals surface area contributed by atoms with E-state index in [4.69, 9.17) is 11.6 Å². The largest absolute Gasteiger partial charge is 0.387 e. The first-order valence-electron chi connectivity index (χ1n) is 7.44. The highest BCUT2D eigenvalue weighted by Crippen LogP contribution is 2.44. The van der Waals surface area contributed by atoms with Gasteiger partial charge in [-0.2, -0.15) is 5.26 Å². The number of halogens is 1. The van der Waals surface area contributed by atoms with Crippen LogP contribution >= 0.6 is 11.6 Å². The van der Waals surface area contributed by atoms with E-state index in [0.717, 1.165) is 49.7 Å². The molecule has 1 fully saturated rings. The van der Waals surface area contributed by atoms with Crippen molar-refractivity contribution in [2.24, 2.45) is 5.41 Å². The molecule has 0 radical (unpaired) electrons. The topological polar surface area (TPSA) is 44.0 Å². The molecule has 1 aromatic carbocycles. The molecule has 20 heavy (non-hydrogen) atoms. The van der Waals surface area contributed by atoms with E-state index in [-0.39, 0.29) is 0 Å². The Hall–Kier alpha value is -1.04. The standard InChI is InChI=1S/C17H22ClNO/c1-13-11-14(18)7-8-15(13)16(20)17(12-19)9-5-3-2-4-6-10-17/h7-8,11,16,20H,2-6,9-10H2,1H3. The average Bonchev–Trinajstić information content (AvgIpc) is 2.38. The zero-order chi connectivity index (χ0) is 14.6. The molecule has 0 amide bonds. The number of benzene rings is 1. The maximum absolute atomic E-state index is 10.8. The Morgan fingerprint density at radius 3 is 2.35 bits per heavy atom. The minimum atomic E-state index is -0.720. The average molecular weight is 292 g/mol. The molecule has 0 heterocycles. The highest BCUT2D eigenvalue weighted by Gasteiger charge is 2.39. The van der Waals surface area contributed by atoms with E-state index in [9.17, 15) is 10.4 Å². The number of nitriles is 1. The summed E-state index contributed by atoms with van der Waals surface area (Å²) in [6, 6.07) is 7.95. The van der Waals surface area contributed by atoms with Crippen molar-refractivity contribution >= 4 is 11.6 Å². The van der Waals surface area contributed by atoms with Gasteiger partial charge in [0, 0.05) is 5.02 Å². The minimum Gasteiger partial charge on any atom is -0.387 e. The molecule has 1 N–H and O–H groups in total. The first-order valence-corrected chi connectivity index (χ1v) is 7.82. The normalized spacial score (nSPS) is 20.5. The second-order valence-corrected chi connectivity index (χ2v) is 6.38. The van der Waals surface area contributed by atoms with E-state index >= 15 is 0 Å². The first-order chi connectivity index (χ1) is 9.59. The molecule has 108 valence electrons. The summed E-state index contributed by atoms with van der Waals surface area (Å²) in [5, 5.41) is 21.2. The van der Waals surface area contributed by atoms with Crippen molar-refractivity contribution in [1.29, 1.82) is 5.26 Å². The van der Waals surface area contributed by atoms with Gasteiger partial charge in [-0.15, -0.1) is 0 Å². The van der Waals surface area contributed by atoms with Gasteiger partial charge in [-0.1, -0.05) is 49.8 Å². The van der Waals surface area contributed by atoms with Crippen LogP contribution in [0.3, 0.4) is 0 Å². The van der Waals surface area contributed by atoms with E-state index in [2.05, 4.69) is 6.07 Å². The van der Waals surface area contributed by atoms with Crippen LogP contribution in [0.1, 0.15) is 62.2 Å². The summed E-state index contributed by atoms with van der Waals surface area (Å²) >= 11 is 5.98. The molecular weight excluding hydrogens is 270 g/mol. The van der Waals surface area contributed by atoms with E-state index in [1.807, 2.05) is 19.1 Å². The zero-order valence-corrected chi connectivity index (χ0v) is 12.8. The van der Waals surface area contributed by atoms with Gasteiger partial charge in [-0.05, 0) is 43.0 Å². The number of nitrogens with zero attached hydrogens (tertiary/aromatic N) is 1. The molecule has 0 aromatic heterocycles. The molecule has 1 aromatic rings. The van der Waals surface area contributed by atoms with Crippen molar-refractivity contribution in [3.8, 4) is 6.07 Å². The fourth-order valence-corrected chi connectivity index (χ4v) is 3.45. The predicted octanol–water partition coefficient (Wildman–Crippen LogP) is 4.94. The fourth-order valence-electron chi connectivity index (χ4n) is 3.23. The molecule has 0 spiro atoms. The highest BCUT2D eigenvalue weighted by atomic mass is 35.5. The third kappa shape index (κ3) is 3.16. The SMILES string of the molecule is Cc1cc(Cl)ccc1C(O)C1(C#N)CCCCCCC1. The zero-order valence-electron chi connectivity index (χ0n) is 12.0. The maximum atomic E-state index is 10.8. The number of rotatable bonds is 2. The van der Waals surface area contributed by atoms with E-state index in [1.54, 1.807) is 6.07 Å². The van der Waals surface area contributed by atoms with Crippen LogP contribution in [0.15, 0.2) is 18.2 Å². The predicted molar refractivity (Wildman–Crippen MR) is 81.5 cm³/mol. The molecule has 2 nitrogen and oxygen atoms in total. The van der Waals surface area contributed by atoms with Crippen LogP contribution < -0.4 is 0 Å². The third-order valence-corrected chi connectivity index (χ3v) is 4.75. The molecule has 1 aliphatic carbocycles. The van der Waals surface area contributed by atoms with Crippen LogP contribution in [-0.4, -0.2) is 5.11 Å². The van der Waals surface area contributed by atoms with Gasteiger partial charge in [0.05, 0.1) is 17.6 Å².